The first-order valence-electron chi connectivity index (χ1n) is 5.44. The Balaban J connectivity index is 2.01. The molecule has 0 aliphatic rings. The van der Waals surface area contributed by atoms with Crippen LogP contribution in [-0.4, -0.2) is 12.3 Å². The number of rotatable bonds is 4. The van der Waals surface area contributed by atoms with Crippen LogP contribution >= 0.6 is 0 Å². The highest BCUT2D eigenvalue weighted by Crippen LogP contribution is 2.12. The van der Waals surface area contributed by atoms with Crippen LogP contribution in [0.15, 0.2) is 48.5 Å². The van der Waals surface area contributed by atoms with Crippen LogP contribution in [0.2, 0.25) is 0 Å². The van der Waals surface area contributed by atoms with E-state index in [2.05, 4.69) is 5.32 Å². The van der Waals surface area contributed by atoms with Gasteiger partial charge in [-0.25, -0.2) is 8.78 Å². The summed E-state index contributed by atoms with van der Waals surface area (Å²) in [5, 5.41) is 2.71. The molecule has 0 heterocycles. The fraction of sp³-hybridized carbons (Fsp3) is 0.0714. The number of hydrogen-bond donors (Lipinski definition) is 1. The van der Waals surface area contributed by atoms with Gasteiger partial charge in [-0.1, -0.05) is 12.1 Å². The molecule has 4 heteroatoms. The van der Waals surface area contributed by atoms with Gasteiger partial charge >= 0.3 is 0 Å². The van der Waals surface area contributed by atoms with Crippen molar-refractivity contribution in [1.82, 2.24) is 0 Å². The van der Waals surface area contributed by atoms with Crippen LogP contribution in [0.1, 0.15) is 10.4 Å². The molecule has 0 bridgehead atoms. The Morgan fingerprint density at radius 2 is 1.67 bits per heavy atom. The lowest BCUT2D eigenvalue weighted by Gasteiger charge is -2.06. The summed E-state index contributed by atoms with van der Waals surface area (Å²) in [6.07, 6.45) is 0. The van der Waals surface area contributed by atoms with E-state index in [1.54, 1.807) is 18.2 Å². The van der Waals surface area contributed by atoms with Gasteiger partial charge in [-0.15, -0.1) is 0 Å². The summed E-state index contributed by atoms with van der Waals surface area (Å²) in [6, 6.07) is 11.3. The molecular weight excluding hydrogens is 236 g/mol. The Hall–Kier alpha value is -2.23. The highest BCUT2D eigenvalue weighted by Gasteiger charge is 2.07. The largest absolute Gasteiger partial charge is 0.375 e. The van der Waals surface area contributed by atoms with E-state index in [1.165, 1.54) is 30.3 Å². The van der Waals surface area contributed by atoms with Gasteiger partial charge in [-0.05, 0) is 36.4 Å². The fourth-order valence-corrected chi connectivity index (χ4v) is 1.52. The van der Waals surface area contributed by atoms with Crippen molar-refractivity contribution >= 4 is 11.5 Å². The third-order valence-corrected chi connectivity index (χ3v) is 2.48. The van der Waals surface area contributed by atoms with Gasteiger partial charge in [0.2, 0.25) is 0 Å². The van der Waals surface area contributed by atoms with Crippen molar-refractivity contribution in [3.05, 3.63) is 65.7 Å². The maximum atomic E-state index is 13.3. The average molecular weight is 247 g/mol. The number of hydrogen-bond acceptors (Lipinski definition) is 2. The highest BCUT2D eigenvalue weighted by molar-refractivity contribution is 5.98. The molecule has 18 heavy (non-hydrogen) atoms. The van der Waals surface area contributed by atoms with E-state index in [4.69, 9.17) is 0 Å². The Kier molecular flexibility index (Phi) is 3.67. The maximum absolute atomic E-state index is 13.3. The molecule has 0 saturated carbocycles. The second-order valence-electron chi connectivity index (χ2n) is 3.76. The van der Waals surface area contributed by atoms with E-state index < -0.39 is 11.6 Å². The Morgan fingerprint density at radius 3 is 2.33 bits per heavy atom. The van der Waals surface area contributed by atoms with Crippen molar-refractivity contribution < 1.29 is 13.6 Å². The normalized spacial score (nSPS) is 10.1. The molecule has 0 spiro atoms. The monoisotopic (exact) mass is 247 g/mol. The molecule has 2 rings (SSSR count). The topological polar surface area (TPSA) is 29.1 Å². The van der Waals surface area contributed by atoms with Crippen molar-refractivity contribution in [3.63, 3.8) is 0 Å². The lowest BCUT2D eigenvalue weighted by Crippen LogP contribution is -2.14. The van der Waals surface area contributed by atoms with Crippen LogP contribution in [-0.2, 0) is 0 Å². The summed E-state index contributed by atoms with van der Waals surface area (Å²) in [7, 11) is 0. The van der Waals surface area contributed by atoms with E-state index in [9.17, 15) is 13.6 Å². The molecule has 92 valence electrons. The number of carbonyl (C=O) groups excluding carboxylic acids is 1. The van der Waals surface area contributed by atoms with E-state index in [1.807, 2.05) is 0 Å². The lowest BCUT2D eigenvalue weighted by atomic mass is 10.1. The number of carbonyl (C=O) groups is 1. The van der Waals surface area contributed by atoms with Crippen LogP contribution in [0, 0.1) is 11.6 Å². The molecule has 0 atom stereocenters. The first kappa shape index (κ1) is 12.2. The first-order chi connectivity index (χ1) is 8.66. The molecule has 0 fully saturated rings. The molecule has 0 aliphatic heterocycles. The van der Waals surface area contributed by atoms with Gasteiger partial charge in [-0.3, -0.25) is 4.79 Å². The molecule has 1 N–H and O–H groups in total. The van der Waals surface area contributed by atoms with Crippen LogP contribution in [0.25, 0.3) is 0 Å². The molecule has 0 saturated heterocycles. The zero-order valence-electron chi connectivity index (χ0n) is 9.49. The maximum Gasteiger partial charge on any atom is 0.181 e. The van der Waals surface area contributed by atoms with Crippen molar-refractivity contribution in [1.29, 1.82) is 0 Å². The molecule has 2 aromatic rings. The third kappa shape index (κ3) is 2.91. The summed E-state index contributed by atoms with van der Waals surface area (Å²) < 4.78 is 25.9. The van der Waals surface area contributed by atoms with Gasteiger partial charge < -0.3 is 5.32 Å². The van der Waals surface area contributed by atoms with Crippen LogP contribution in [0.4, 0.5) is 14.5 Å². The molecule has 2 aromatic carbocycles. The number of ketones is 1. The first-order valence-corrected chi connectivity index (χ1v) is 5.44. The van der Waals surface area contributed by atoms with Gasteiger partial charge in [0.15, 0.2) is 5.78 Å². The van der Waals surface area contributed by atoms with Crippen molar-refractivity contribution in [3.8, 4) is 0 Å². The summed E-state index contributed by atoms with van der Waals surface area (Å²) in [4.78, 5) is 11.7. The zero-order valence-corrected chi connectivity index (χ0v) is 9.49. The van der Waals surface area contributed by atoms with Crippen molar-refractivity contribution in [2.24, 2.45) is 0 Å². The highest BCUT2D eigenvalue weighted by atomic mass is 19.1. The average Bonchev–Trinajstić information content (AvgIpc) is 2.38. The predicted molar refractivity (Wildman–Crippen MR) is 65.6 cm³/mol. The number of Topliss-reactive ketones (excluding diaryl/α,β-unsaturated/α-hetero) is 1. The zero-order chi connectivity index (χ0) is 13.0. The molecule has 0 unspecified atom stereocenters. The quantitative estimate of drug-likeness (QED) is 0.840. The van der Waals surface area contributed by atoms with E-state index >= 15 is 0 Å². The third-order valence-electron chi connectivity index (χ3n) is 2.48. The number of benzene rings is 2. The molecule has 0 aromatic heterocycles. The Bertz CT molecular complexity index is 552. The van der Waals surface area contributed by atoms with E-state index in [0.29, 0.717) is 5.56 Å². The van der Waals surface area contributed by atoms with Gasteiger partial charge in [0, 0.05) is 5.56 Å². The Labute approximate surface area is 103 Å². The SMILES string of the molecule is O=C(CNc1ccccc1F)c1ccc(F)cc1. The van der Waals surface area contributed by atoms with E-state index in [0.717, 1.165) is 0 Å². The number of halogens is 2. The van der Waals surface area contributed by atoms with Crippen LogP contribution < -0.4 is 5.32 Å². The molecule has 2 nitrogen and oxygen atoms in total. The molecule has 0 amide bonds. The summed E-state index contributed by atoms with van der Waals surface area (Å²) in [5.74, 6) is -1.03. The van der Waals surface area contributed by atoms with Gasteiger partial charge in [0.1, 0.15) is 11.6 Å². The van der Waals surface area contributed by atoms with Gasteiger partial charge in [0.05, 0.1) is 12.2 Å². The molecule has 0 aliphatic carbocycles. The smallest absolute Gasteiger partial charge is 0.181 e. The standard InChI is InChI=1S/C14H11F2NO/c15-11-7-5-10(6-8-11)14(18)9-17-13-4-2-1-3-12(13)16/h1-8,17H,9H2. The second-order valence-corrected chi connectivity index (χ2v) is 3.76. The summed E-state index contributed by atoms with van der Waals surface area (Å²) in [5.41, 5.74) is 0.660. The van der Waals surface area contributed by atoms with Gasteiger partial charge in [-0.2, -0.15) is 0 Å². The van der Waals surface area contributed by atoms with Crippen molar-refractivity contribution in [2.75, 3.05) is 11.9 Å². The van der Waals surface area contributed by atoms with Crippen LogP contribution in [0.5, 0.6) is 0 Å². The fourth-order valence-electron chi connectivity index (χ4n) is 1.52. The molecule has 0 radical (unpaired) electrons. The summed E-state index contributed by atoms with van der Waals surface area (Å²) in [6.45, 7) is -0.0352. The second kappa shape index (κ2) is 5.40. The molecular formula is C14H11F2NO. The summed E-state index contributed by atoms with van der Waals surface area (Å²) >= 11 is 0. The van der Waals surface area contributed by atoms with Crippen molar-refractivity contribution in [2.45, 2.75) is 0 Å². The number of anilines is 1. The minimum absolute atomic E-state index is 0.0352. The minimum Gasteiger partial charge on any atom is -0.375 e. The number of para-hydroxylation sites is 1. The Morgan fingerprint density at radius 1 is 1.00 bits per heavy atom. The minimum atomic E-state index is -0.413. The van der Waals surface area contributed by atoms with Crippen LogP contribution in [0.3, 0.4) is 0 Å². The predicted octanol–water partition coefficient (Wildman–Crippen LogP) is 3.26. The number of nitrogens with one attached hydrogen (secondary N) is 1. The van der Waals surface area contributed by atoms with Gasteiger partial charge in [0.25, 0.3) is 0 Å². The van der Waals surface area contributed by atoms with E-state index in [-0.39, 0.29) is 18.0 Å². The lowest BCUT2D eigenvalue weighted by molar-refractivity contribution is 0.101.